The third kappa shape index (κ3) is 4.38. The van der Waals surface area contributed by atoms with Crippen LogP contribution in [0.25, 0.3) is 0 Å². The molecule has 1 aromatic carbocycles. The molecule has 0 saturated carbocycles. The van der Waals surface area contributed by atoms with Crippen LogP contribution in [-0.2, 0) is 16.0 Å². The highest BCUT2D eigenvalue weighted by Gasteiger charge is 2.18. The minimum Gasteiger partial charge on any atom is -0.462 e. The number of halogens is 1. The van der Waals surface area contributed by atoms with Crippen molar-refractivity contribution in [3.63, 3.8) is 0 Å². The fourth-order valence-corrected chi connectivity index (χ4v) is 3.30. The maximum atomic E-state index is 11.9. The maximum Gasteiger partial charge on any atom is 0.350 e. The summed E-state index contributed by atoms with van der Waals surface area (Å²) >= 11 is 4.57. The molecular weight excluding hydrogens is 368 g/mol. The predicted molar refractivity (Wildman–Crippen MR) is 89.3 cm³/mol. The number of thiazole rings is 1. The molecule has 0 fully saturated rings. The smallest absolute Gasteiger partial charge is 0.350 e. The molecule has 0 radical (unpaired) electrons. The van der Waals surface area contributed by atoms with E-state index in [2.05, 4.69) is 26.2 Å². The molecule has 7 heteroatoms. The van der Waals surface area contributed by atoms with E-state index < -0.39 is 0 Å². The van der Waals surface area contributed by atoms with E-state index in [1.165, 1.54) is 18.3 Å². The Balaban J connectivity index is 2.16. The van der Waals surface area contributed by atoms with Gasteiger partial charge in [0.2, 0.25) is 5.91 Å². The summed E-state index contributed by atoms with van der Waals surface area (Å²) in [6.07, 6.45) is 0.524. The molecule has 1 amide bonds. The summed E-state index contributed by atoms with van der Waals surface area (Å²) in [5, 5.41) is 2.71. The number of carbonyl (C=O) groups excluding carboxylic acids is 2. The SMILES string of the molecule is CCOC(=O)c1sc(Br)nc1Cc1ccc(NC(C)=O)cc1. The lowest BCUT2D eigenvalue weighted by Crippen LogP contribution is -2.07. The van der Waals surface area contributed by atoms with Crippen LogP contribution in [0.3, 0.4) is 0 Å². The Morgan fingerprint density at radius 3 is 2.59 bits per heavy atom. The van der Waals surface area contributed by atoms with Gasteiger partial charge in [0.15, 0.2) is 3.92 Å². The van der Waals surface area contributed by atoms with Crippen LogP contribution < -0.4 is 5.32 Å². The lowest BCUT2D eigenvalue weighted by molar-refractivity contribution is -0.114. The van der Waals surface area contributed by atoms with Crippen molar-refractivity contribution in [2.24, 2.45) is 0 Å². The molecule has 0 saturated heterocycles. The van der Waals surface area contributed by atoms with Crippen molar-refractivity contribution in [3.8, 4) is 0 Å². The van der Waals surface area contributed by atoms with Gasteiger partial charge in [0.1, 0.15) is 4.88 Å². The summed E-state index contributed by atoms with van der Waals surface area (Å²) in [4.78, 5) is 27.8. The number of aromatic nitrogens is 1. The van der Waals surface area contributed by atoms with Gasteiger partial charge in [-0.15, -0.1) is 0 Å². The minimum absolute atomic E-state index is 0.110. The fraction of sp³-hybridized carbons (Fsp3) is 0.267. The number of anilines is 1. The van der Waals surface area contributed by atoms with Gasteiger partial charge in [-0.05, 0) is 40.5 Å². The summed E-state index contributed by atoms with van der Waals surface area (Å²) in [7, 11) is 0. The molecule has 116 valence electrons. The molecule has 0 aliphatic heterocycles. The number of ether oxygens (including phenoxy) is 1. The van der Waals surface area contributed by atoms with Gasteiger partial charge < -0.3 is 10.1 Å². The highest BCUT2D eigenvalue weighted by atomic mass is 79.9. The van der Waals surface area contributed by atoms with Crippen molar-refractivity contribution in [1.29, 1.82) is 0 Å². The summed E-state index contributed by atoms with van der Waals surface area (Å²) < 4.78 is 5.70. The van der Waals surface area contributed by atoms with Gasteiger partial charge in [0.05, 0.1) is 12.3 Å². The number of amides is 1. The number of nitrogens with zero attached hydrogens (tertiary/aromatic N) is 1. The highest BCUT2D eigenvalue weighted by molar-refractivity contribution is 9.11. The van der Waals surface area contributed by atoms with Gasteiger partial charge in [-0.2, -0.15) is 0 Å². The molecule has 0 bridgehead atoms. The fourth-order valence-electron chi connectivity index (χ4n) is 1.90. The Hall–Kier alpha value is -1.73. The number of benzene rings is 1. The number of esters is 1. The number of hydrogen-bond donors (Lipinski definition) is 1. The summed E-state index contributed by atoms with van der Waals surface area (Å²) in [5.74, 6) is -0.462. The summed E-state index contributed by atoms with van der Waals surface area (Å²) in [6.45, 7) is 3.57. The average Bonchev–Trinajstić information content (AvgIpc) is 2.81. The zero-order valence-corrected chi connectivity index (χ0v) is 14.6. The normalized spacial score (nSPS) is 10.3. The Bertz CT molecular complexity index is 683. The van der Waals surface area contributed by atoms with E-state index in [-0.39, 0.29) is 11.9 Å². The number of rotatable bonds is 5. The second-order valence-electron chi connectivity index (χ2n) is 4.52. The van der Waals surface area contributed by atoms with Crippen molar-refractivity contribution in [2.45, 2.75) is 20.3 Å². The first-order valence-corrected chi connectivity index (χ1v) is 8.29. The molecule has 1 heterocycles. The van der Waals surface area contributed by atoms with Crippen molar-refractivity contribution >= 4 is 44.8 Å². The van der Waals surface area contributed by atoms with E-state index in [4.69, 9.17) is 4.74 Å². The van der Waals surface area contributed by atoms with E-state index >= 15 is 0 Å². The molecule has 0 unspecified atom stereocenters. The van der Waals surface area contributed by atoms with Crippen LogP contribution >= 0.6 is 27.3 Å². The van der Waals surface area contributed by atoms with Crippen molar-refractivity contribution in [2.75, 3.05) is 11.9 Å². The van der Waals surface area contributed by atoms with Gasteiger partial charge in [-0.3, -0.25) is 4.79 Å². The largest absolute Gasteiger partial charge is 0.462 e. The van der Waals surface area contributed by atoms with Crippen LogP contribution in [0, 0.1) is 0 Å². The summed E-state index contributed by atoms with van der Waals surface area (Å²) in [6, 6.07) is 7.44. The Morgan fingerprint density at radius 1 is 1.32 bits per heavy atom. The van der Waals surface area contributed by atoms with E-state index in [1.807, 2.05) is 24.3 Å². The van der Waals surface area contributed by atoms with Gasteiger partial charge in [0.25, 0.3) is 0 Å². The molecule has 0 aliphatic rings. The molecule has 0 atom stereocenters. The maximum absolute atomic E-state index is 11.9. The van der Waals surface area contributed by atoms with E-state index in [0.717, 1.165) is 11.3 Å². The number of nitrogens with one attached hydrogen (secondary N) is 1. The van der Waals surface area contributed by atoms with Crippen molar-refractivity contribution in [3.05, 3.63) is 44.3 Å². The summed E-state index contributed by atoms with van der Waals surface area (Å²) in [5.41, 5.74) is 2.42. The molecule has 0 spiro atoms. The lowest BCUT2D eigenvalue weighted by atomic mass is 10.1. The molecule has 2 rings (SSSR count). The minimum atomic E-state index is -0.351. The second-order valence-corrected chi connectivity index (χ2v) is 6.79. The molecule has 1 N–H and O–H groups in total. The third-order valence-electron chi connectivity index (χ3n) is 2.78. The Morgan fingerprint density at radius 2 is 2.00 bits per heavy atom. The first-order chi connectivity index (χ1) is 10.5. The van der Waals surface area contributed by atoms with Gasteiger partial charge >= 0.3 is 5.97 Å². The molecule has 1 aromatic heterocycles. The first kappa shape index (κ1) is 16.6. The van der Waals surface area contributed by atoms with Crippen LogP contribution in [0.4, 0.5) is 5.69 Å². The molecule has 5 nitrogen and oxygen atoms in total. The number of carbonyl (C=O) groups is 2. The van der Waals surface area contributed by atoms with Crippen LogP contribution in [0.2, 0.25) is 0 Å². The van der Waals surface area contributed by atoms with E-state index in [1.54, 1.807) is 6.92 Å². The topological polar surface area (TPSA) is 68.3 Å². The second kappa shape index (κ2) is 7.51. The average molecular weight is 383 g/mol. The van der Waals surface area contributed by atoms with Crippen LogP contribution in [0.15, 0.2) is 28.2 Å². The third-order valence-corrected chi connectivity index (χ3v) is 4.31. The molecule has 22 heavy (non-hydrogen) atoms. The van der Waals surface area contributed by atoms with Crippen LogP contribution in [-0.4, -0.2) is 23.5 Å². The van der Waals surface area contributed by atoms with Gasteiger partial charge in [-0.25, -0.2) is 9.78 Å². The van der Waals surface area contributed by atoms with Crippen LogP contribution in [0.1, 0.15) is 34.8 Å². The molecular formula is C15H15BrN2O3S. The van der Waals surface area contributed by atoms with Crippen LogP contribution in [0.5, 0.6) is 0 Å². The molecule has 0 aliphatic carbocycles. The van der Waals surface area contributed by atoms with Crippen molar-refractivity contribution < 1.29 is 14.3 Å². The van der Waals surface area contributed by atoms with E-state index in [9.17, 15) is 9.59 Å². The number of hydrogen-bond acceptors (Lipinski definition) is 5. The lowest BCUT2D eigenvalue weighted by Gasteiger charge is -2.05. The first-order valence-electron chi connectivity index (χ1n) is 6.68. The van der Waals surface area contributed by atoms with E-state index in [0.29, 0.717) is 27.5 Å². The Labute approximate surface area is 140 Å². The standard InChI is InChI=1S/C15H15BrN2O3S/c1-3-21-14(20)13-12(18-15(16)22-13)8-10-4-6-11(7-5-10)17-9(2)19/h4-7H,3,8H2,1-2H3,(H,17,19). The van der Waals surface area contributed by atoms with Gasteiger partial charge in [0, 0.05) is 19.0 Å². The quantitative estimate of drug-likeness (QED) is 0.801. The molecule has 2 aromatic rings. The predicted octanol–water partition coefficient (Wildman–Crippen LogP) is 3.63. The van der Waals surface area contributed by atoms with Gasteiger partial charge in [-0.1, -0.05) is 23.5 Å². The zero-order valence-electron chi connectivity index (χ0n) is 12.2. The monoisotopic (exact) mass is 382 g/mol. The highest BCUT2D eigenvalue weighted by Crippen LogP contribution is 2.26. The zero-order chi connectivity index (χ0) is 16.1. The van der Waals surface area contributed by atoms with Crippen molar-refractivity contribution in [1.82, 2.24) is 4.98 Å². The Kier molecular flexibility index (Phi) is 5.68.